The van der Waals surface area contributed by atoms with Crippen molar-refractivity contribution < 1.29 is 9.53 Å². The lowest BCUT2D eigenvalue weighted by atomic mass is 10.0. The zero-order chi connectivity index (χ0) is 10.3. The Morgan fingerprint density at radius 3 is 3.27 bits per heavy atom. The minimum atomic E-state index is 0.0838. The molecule has 0 unspecified atom stereocenters. The minimum absolute atomic E-state index is 0.0838. The number of aliphatic imine (C=N–C) groups is 1. The minimum Gasteiger partial charge on any atom is -0.489 e. The number of anilines is 1. The van der Waals surface area contributed by atoms with Crippen molar-refractivity contribution in [3.05, 3.63) is 17.7 Å². The Balaban J connectivity index is 2.25. The fourth-order valence-electron chi connectivity index (χ4n) is 1.91. The van der Waals surface area contributed by atoms with E-state index in [1.54, 1.807) is 6.21 Å². The van der Waals surface area contributed by atoms with Gasteiger partial charge in [0.2, 0.25) is 0 Å². The summed E-state index contributed by atoms with van der Waals surface area (Å²) < 4.78 is 5.54. The molecule has 0 bridgehead atoms. The monoisotopic (exact) mass is 202 g/mol. The molecule has 0 spiro atoms. The van der Waals surface area contributed by atoms with E-state index >= 15 is 0 Å². The molecule has 3 rings (SSSR count). The lowest BCUT2D eigenvalue weighted by molar-refractivity contribution is 0.0997. The molecule has 0 radical (unpaired) electrons. The van der Waals surface area contributed by atoms with Crippen LogP contribution in [0.3, 0.4) is 0 Å². The maximum atomic E-state index is 11.8. The number of ketones is 1. The van der Waals surface area contributed by atoms with Crippen LogP contribution in [0.1, 0.15) is 16.8 Å². The molecule has 2 aliphatic heterocycles. The Morgan fingerprint density at radius 1 is 1.40 bits per heavy atom. The fraction of sp³-hybridized carbons (Fsp3) is 0.273. The Kier molecular flexibility index (Phi) is 1.74. The third-order valence-corrected chi connectivity index (χ3v) is 2.59. The summed E-state index contributed by atoms with van der Waals surface area (Å²) in [5.74, 6) is 0.751. The summed E-state index contributed by atoms with van der Waals surface area (Å²) >= 11 is 0. The highest BCUT2D eigenvalue weighted by molar-refractivity contribution is 6.13. The van der Waals surface area contributed by atoms with E-state index < -0.39 is 0 Å². The van der Waals surface area contributed by atoms with Crippen LogP contribution >= 0.6 is 0 Å². The molecule has 4 nitrogen and oxygen atoms in total. The van der Waals surface area contributed by atoms with Crippen LogP contribution in [0.2, 0.25) is 0 Å². The summed E-state index contributed by atoms with van der Waals surface area (Å²) in [4.78, 5) is 16.0. The van der Waals surface area contributed by atoms with E-state index in [0.29, 0.717) is 30.0 Å². The highest BCUT2D eigenvalue weighted by atomic mass is 16.5. The Labute approximate surface area is 87.0 Å². The van der Waals surface area contributed by atoms with Crippen LogP contribution in [-0.2, 0) is 0 Å². The highest BCUT2D eigenvalue weighted by Crippen LogP contribution is 2.39. The van der Waals surface area contributed by atoms with E-state index in [0.717, 1.165) is 12.2 Å². The molecule has 0 amide bonds. The van der Waals surface area contributed by atoms with Gasteiger partial charge >= 0.3 is 0 Å². The third-order valence-electron chi connectivity index (χ3n) is 2.59. The lowest BCUT2D eigenvalue weighted by Gasteiger charge is -2.23. The summed E-state index contributed by atoms with van der Waals surface area (Å²) in [6.45, 7) is 1.38. The topological polar surface area (TPSA) is 50.7 Å². The van der Waals surface area contributed by atoms with Crippen LogP contribution in [0, 0.1) is 0 Å². The van der Waals surface area contributed by atoms with Crippen LogP contribution in [-0.4, -0.2) is 25.1 Å². The molecule has 0 aromatic heterocycles. The van der Waals surface area contributed by atoms with Crippen molar-refractivity contribution in [1.82, 2.24) is 0 Å². The summed E-state index contributed by atoms with van der Waals surface area (Å²) in [7, 11) is 0. The van der Waals surface area contributed by atoms with Crippen molar-refractivity contribution in [3.8, 4) is 5.75 Å². The van der Waals surface area contributed by atoms with Gasteiger partial charge in [-0.3, -0.25) is 9.79 Å². The molecule has 0 saturated heterocycles. The molecule has 0 atom stereocenters. The molecule has 1 aromatic carbocycles. The van der Waals surface area contributed by atoms with Gasteiger partial charge in [-0.1, -0.05) is 0 Å². The molecule has 0 saturated carbocycles. The zero-order valence-corrected chi connectivity index (χ0v) is 8.12. The van der Waals surface area contributed by atoms with E-state index in [1.165, 1.54) is 0 Å². The van der Waals surface area contributed by atoms with Gasteiger partial charge < -0.3 is 10.1 Å². The van der Waals surface area contributed by atoms with Gasteiger partial charge in [0.25, 0.3) is 0 Å². The average molecular weight is 202 g/mol. The van der Waals surface area contributed by atoms with Crippen LogP contribution < -0.4 is 10.1 Å². The number of carbonyl (C=O) groups excluding carboxylic acids is 1. The van der Waals surface area contributed by atoms with Gasteiger partial charge in [0.1, 0.15) is 6.61 Å². The number of Topliss-reactive ketones (excluding diaryl/α,β-unsaturated/α-hetero) is 1. The van der Waals surface area contributed by atoms with Crippen LogP contribution in [0.15, 0.2) is 17.1 Å². The SMILES string of the molecule is O=C1CC=Nc2ccc3c(c21)OCCN3. The fourth-order valence-corrected chi connectivity index (χ4v) is 1.91. The smallest absolute Gasteiger partial charge is 0.174 e. The first kappa shape index (κ1) is 8.47. The van der Waals surface area contributed by atoms with Crippen molar-refractivity contribution in [2.45, 2.75) is 6.42 Å². The van der Waals surface area contributed by atoms with Gasteiger partial charge in [0, 0.05) is 19.2 Å². The predicted molar refractivity (Wildman–Crippen MR) is 57.5 cm³/mol. The molecule has 2 aliphatic rings. The first-order valence-electron chi connectivity index (χ1n) is 4.95. The van der Waals surface area contributed by atoms with Gasteiger partial charge in [0.15, 0.2) is 11.5 Å². The maximum absolute atomic E-state index is 11.8. The van der Waals surface area contributed by atoms with Crippen molar-refractivity contribution >= 4 is 23.4 Å². The largest absolute Gasteiger partial charge is 0.489 e. The second kappa shape index (κ2) is 3.08. The number of nitrogens with zero attached hydrogens (tertiary/aromatic N) is 1. The molecule has 2 heterocycles. The highest BCUT2D eigenvalue weighted by Gasteiger charge is 2.24. The molecule has 1 N–H and O–H groups in total. The quantitative estimate of drug-likeness (QED) is 0.697. The number of ether oxygens (including phenoxy) is 1. The van der Waals surface area contributed by atoms with E-state index in [9.17, 15) is 4.79 Å². The number of hydrogen-bond acceptors (Lipinski definition) is 4. The van der Waals surface area contributed by atoms with Crippen molar-refractivity contribution in [2.75, 3.05) is 18.5 Å². The van der Waals surface area contributed by atoms with Crippen LogP contribution in [0.5, 0.6) is 5.75 Å². The van der Waals surface area contributed by atoms with Crippen molar-refractivity contribution in [3.63, 3.8) is 0 Å². The van der Waals surface area contributed by atoms with Gasteiger partial charge in [-0.15, -0.1) is 0 Å². The summed E-state index contributed by atoms with van der Waals surface area (Å²) in [6.07, 6.45) is 2.01. The van der Waals surface area contributed by atoms with Gasteiger partial charge in [-0.2, -0.15) is 0 Å². The second-order valence-electron chi connectivity index (χ2n) is 3.55. The Morgan fingerprint density at radius 2 is 2.33 bits per heavy atom. The molecule has 0 aliphatic carbocycles. The average Bonchev–Trinajstić information content (AvgIpc) is 2.29. The molecule has 4 heteroatoms. The van der Waals surface area contributed by atoms with E-state index in [4.69, 9.17) is 4.74 Å². The number of carbonyl (C=O) groups is 1. The molecular formula is C11H10N2O2. The van der Waals surface area contributed by atoms with Crippen molar-refractivity contribution in [1.29, 1.82) is 0 Å². The zero-order valence-electron chi connectivity index (χ0n) is 8.12. The number of fused-ring (bicyclic) bond motifs is 3. The molecule has 15 heavy (non-hydrogen) atoms. The molecular weight excluding hydrogens is 192 g/mol. The van der Waals surface area contributed by atoms with Crippen LogP contribution in [0.4, 0.5) is 11.4 Å². The standard InChI is InChI=1S/C11H10N2O2/c14-9-3-4-12-7-1-2-8-11(10(7)9)15-6-5-13-8/h1-2,4,13H,3,5-6H2. The predicted octanol–water partition coefficient (Wildman–Crippen LogP) is 1.78. The first-order valence-corrected chi connectivity index (χ1v) is 4.95. The number of rotatable bonds is 0. The van der Waals surface area contributed by atoms with Gasteiger partial charge in [0.05, 0.1) is 16.9 Å². The summed E-state index contributed by atoms with van der Waals surface area (Å²) in [6, 6.07) is 3.76. The second-order valence-corrected chi connectivity index (χ2v) is 3.55. The maximum Gasteiger partial charge on any atom is 0.174 e. The van der Waals surface area contributed by atoms with Crippen molar-refractivity contribution in [2.24, 2.45) is 4.99 Å². The summed E-state index contributed by atoms with van der Waals surface area (Å²) in [5.41, 5.74) is 2.24. The first-order chi connectivity index (χ1) is 7.36. The van der Waals surface area contributed by atoms with E-state index in [-0.39, 0.29) is 5.78 Å². The Hall–Kier alpha value is -1.84. The molecule has 0 fully saturated rings. The van der Waals surface area contributed by atoms with E-state index in [2.05, 4.69) is 10.3 Å². The third kappa shape index (κ3) is 1.21. The number of hydrogen-bond donors (Lipinski definition) is 1. The Bertz CT molecular complexity index is 466. The van der Waals surface area contributed by atoms with Gasteiger partial charge in [-0.25, -0.2) is 0 Å². The lowest BCUT2D eigenvalue weighted by Crippen LogP contribution is -2.20. The number of nitrogens with one attached hydrogen (secondary N) is 1. The van der Waals surface area contributed by atoms with Gasteiger partial charge in [-0.05, 0) is 12.1 Å². The molecule has 1 aromatic rings. The van der Waals surface area contributed by atoms with Crippen LogP contribution in [0.25, 0.3) is 0 Å². The molecule has 76 valence electrons. The number of benzene rings is 1. The summed E-state index contributed by atoms with van der Waals surface area (Å²) in [5, 5.41) is 3.20. The van der Waals surface area contributed by atoms with E-state index in [1.807, 2.05) is 12.1 Å². The normalized spacial score (nSPS) is 17.5.